The summed E-state index contributed by atoms with van der Waals surface area (Å²) >= 11 is 0. The Morgan fingerprint density at radius 1 is 1.14 bits per heavy atom. The van der Waals surface area contributed by atoms with Crippen LogP contribution in [0.4, 0.5) is 0 Å². The van der Waals surface area contributed by atoms with E-state index in [-0.39, 0.29) is 11.4 Å². The van der Waals surface area contributed by atoms with Gasteiger partial charge in [-0.15, -0.1) is 0 Å². The second-order valence-corrected chi connectivity index (χ2v) is 8.62. The van der Waals surface area contributed by atoms with Gasteiger partial charge in [0.05, 0.1) is 0 Å². The molecule has 1 rings (SSSR count). The van der Waals surface area contributed by atoms with E-state index in [9.17, 15) is 4.79 Å². The first kappa shape index (κ1) is 24.2. The molecular weight excluding hydrogens is 344 g/mol. The number of unbranched alkanes of at least 4 members (excludes halogenated alkanes) is 2. The van der Waals surface area contributed by atoms with Gasteiger partial charge in [0.2, 0.25) is 0 Å². The number of hydrogen-bond donors (Lipinski definition) is 0. The molecule has 0 N–H and O–H groups in total. The fraction of sp³-hybridized carbons (Fsp3) is 0.577. The Balaban J connectivity index is 2.51. The molecule has 0 fully saturated rings. The third-order valence-corrected chi connectivity index (χ3v) is 5.41. The maximum absolute atomic E-state index is 11.6. The van der Waals surface area contributed by atoms with E-state index < -0.39 is 0 Å². The van der Waals surface area contributed by atoms with Crippen LogP contribution in [0.2, 0.25) is 0 Å². The monoisotopic (exact) mass is 384 g/mol. The molecule has 0 spiro atoms. The summed E-state index contributed by atoms with van der Waals surface area (Å²) in [6.07, 6.45) is 20.1. The lowest BCUT2D eigenvalue weighted by Crippen LogP contribution is -2.19. The van der Waals surface area contributed by atoms with E-state index in [1.54, 1.807) is 0 Å². The average Bonchev–Trinajstić information content (AvgIpc) is 2.61. The number of allylic oxidation sites excluding steroid dienone is 9. The van der Waals surface area contributed by atoms with E-state index in [0.717, 1.165) is 24.8 Å². The van der Waals surface area contributed by atoms with Gasteiger partial charge in [0.25, 0.3) is 0 Å². The van der Waals surface area contributed by atoms with Crippen molar-refractivity contribution in [1.82, 2.24) is 0 Å². The second kappa shape index (κ2) is 12.6. The Bertz CT molecular complexity index is 654. The van der Waals surface area contributed by atoms with Crippen molar-refractivity contribution in [3.05, 3.63) is 58.7 Å². The molecule has 28 heavy (non-hydrogen) atoms. The standard InChI is InChI=1S/C26H40O2/c1-7-8-9-15-25(27)28-20-18-22(3)13-10-12-21(2)16-17-24-23(4)14-11-19-26(24,5)6/h10,12-13,16-18H,7-9,11,14-15,19-20H2,1-6H3/b13-10+,17-16+,21-12+,22-18+. The number of rotatable bonds is 10. The van der Waals surface area contributed by atoms with E-state index in [4.69, 9.17) is 4.74 Å². The van der Waals surface area contributed by atoms with Crippen LogP contribution < -0.4 is 0 Å². The topological polar surface area (TPSA) is 26.3 Å². The molecule has 0 aromatic heterocycles. The Morgan fingerprint density at radius 2 is 1.89 bits per heavy atom. The zero-order chi connectivity index (χ0) is 21.0. The molecule has 0 aliphatic heterocycles. The van der Waals surface area contributed by atoms with Crippen LogP contribution in [-0.4, -0.2) is 12.6 Å². The second-order valence-electron chi connectivity index (χ2n) is 8.62. The molecule has 0 atom stereocenters. The molecule has 0 saturated heterocycles. The van der Waals surface area contributed by atoms with Gasteiger partial charge in [-0.2, -0.15) is 0 Å². The van der Waals surface area contributed by atoms with Gasteiger partial charge in [0.1, 0.15) is 6.61 Å². The van der Waals surface area contributed by atoms with Gasteiger partial charge in [0.15, 0.2) is 0 Å². The highest BCUT2D eigenvalue weighted by atomic mass is 16.5. The van der Waals surface area contributed by atoms with Crippen LogP contribution in [0.3, 0.4) is 0 Å². The molecule has 0 bridgehead atoms. The smallest absolute Gasteiger partial charge is 0.306 e. The highest BCUT2D eigenvalue weighted by Crippen LogP contribution is 2.40. The first-order valence-corrected chi connectivity index (χ1v) is 10.8. The third kappa shape index (κ3) is 9.39. The van der Waals surface area contributed by atoms with Crippen LogP contribution in [0.1, 0.15) is 86.5 Å². The van der Waals surface area contributed by atoms with E-state index in [2.05, 4.69) is 65.0 Å². The number of carbonyl (C=O) groups excluding carboxylic acids is 1. The Hall–Kier alpha value is -1.83. The van der Waals surface area contributed by atoms with Crippen molar-refractivity contribution < 1.29 is 9.53 Å². The summed E-state index contributed by atoms with van der Waals surface area (Å²) in [5, 5.41) is 0. The van der Waals surface area contributed by atoms with Crippen molar-refractivity contribution in [2.75, 3.05) is 6.61 Å². The van der Waals surface area contributed by atoms with Crippen molar-refractivity contribution in [3.8, 4) is 0 Å². The lowest BCUT2D eigenvalue weighted by molar-refractivity contribution is -0.142. The molecule has 0 radical (unpaired) electrons. The number of hydrogen-bond acceptors (Lipinski definition) is 2. The predicted molar refractivity (Wildman–Crippen MR) is 121 cm³/mol. The van der Waals surface area contributed by atoms with E-state index >= 15 is 0 Å². The Morgan fingerprint density at radius 3 is 2.57 bits per heavy atom. The first-order valence-electron chi connectivity index (χ1n) is 10.8. The van der Waals surface area contributed by atoms with Crippen LogP contribution in [0.15, 0.2) is 58.7 Å². The van der Waals surface area contributed by atoms with E-state index in [1.165, 1.54) is 36.0 Å². The van der Waals surface area contributed by atoms with Crippen LogP contribution in [0, 0.1) is 5.41 Å². The predicted octanol–water partition coefficient (Wildman–Crippen LogP) is 7.64. The fourth-order valence-electron chi connectivity index (χ4n) is 3.56. The summed E-state index contributed by atoms with van der Waals surface area (Å²) in [7, 11) is 0. The van der Waals surface area contributed by atoms with Gasteiger partial charge in [-0.1, -0.05) is 80.7 Å². The van der Waals surface area contributed by atoms with Gasteiger partial charge in [-0.3, -0.25) is 4.79 Å². The van der Waals surface area contributed by atoms with Gasteiger partial charge < -0.3 is 4.74 Å². The Labute approximate surface area is 173 Å². The zero-order valence-corrected chi connectivity index (χ0v) is 18.9. The quantitative estimate of drug-likeness (QED) is 0.220. The summed E-state index contributed by atoms with van der Waals surface area (Å²) in [6, 6.07) is 0. The van der Waals surface area contributed by atoms with E-state index in [1.807, 2.05) is 13.0 Å². The highest BCUT2D eigenvalue weighted by Gasteiger charge is 2.26. The van der Waals surface area contributed by atoms with Gasteiger partial charge >= 0.3 is 5.97 Å². The maximum Gasteiger partial charge on any atom is 0.306 e. The average molecular weight is 385 g/mol. The summed E-state index contributed by atoms with van der Waals surface area (Å²) in [4.78, 5) is 11.6. The minimum Gasteiger partial charge on any atom is -0.461 e. The van der Waals surface area contributed by atoms with E-state index in [0.29, 0.717) is 13.0 Å². The maximum atomic E-state index is 11.6. The third-order valence-electron chi connectivity index (χ3n) is 5.41. The largest absolute Gasteiger partial charge is 0.461 e. The molecule has 1 aliphatic carbocycles. The normalized spacial score (nSPS) is 18.4. The minimum atomic E-state index is -0.0995. The molecule has 1 aliphatic rings. The number of esters is 1. The van der Waals surface area contributed by atoms with Crippen molar-refractivity contribution in [2.45, 2.75) is 86.5 Å². The first-order chi connectivity index (χ1) is 13.3. The molecule has 2 nitrogen and oxygen atoms in total. The molecule has 0 amide bonds. The lowest BCUT2D eigenvalue weighted by atomic mass is 9.72. The molecule has 0 aromatic rings. The van der Waals surface area contributed by atoms with Gasteiger partial charge in [-0.05, 0) is 63.5 Å². The molecule has 2 heteroatoms. The van der Waals surface area contributed by atoms with Crippen molar-refractivity contribution in [2.24, 2.45) is 5.41 Å². The van der Waals surface area contributed by atoms with Crippen LogP contribution in [0.5, 0.6) is 0 Å². The van der Waals surface area contributed by atoms with Crippen molar-refractivity contribution in [1.29, 1.82) is 0 Å². The van der Waals surface area contributed by atoms with Crippen LogP contribution >= 0.6 is 0 Å². The SMILES string of the molecule is CCCCCC(=O)OC/C=C(C)/C=C/C=C(C)/C=C/C1=C(C)CCCC1(C)C. The molecule has 0 saturated carbocycles. The summed E-state index contributed by atoms with van der Waals surface area (Å²) < 4.78 is 5.24. The van der Waals surface area contributed by atoms with Crippen LogP contribution in [0.25, 0.3) is 0 Å². The van der Waals surface area contributed by atoms with Crippen molar-refractivity contribution >= 4 is 5.97 Å². The van der Waals surface area contributed by atoms with Crippen molar-refractivity contribution in [3.63, 3.8) is 0 Å². The highest BCUT2D eigenvalue weighted by molar-refractivity contribution is 5.69. The number of ether oxygens (including phenoxy) is 1. The lowest BCUT2D eigenvalue weighted by Gasteiger charge is -2.32. The summed E-state index contributed by atoms with van der Waals surface area (Å²) in [6.45, 7) is 13.6. The van der Waals surface area contributed by atoms with Crippen LogP contribution in [-0.2, 0) is 9.53 Å². The summed E-state index contributed by atoms with van der Waals surface area (Å²) in [5.41, 5.74) is 5.63. The zero-order valence-electron chi connectivity index (χ0n) is 18.9. The molecule has 0 aromatic carbocycles. The molecule has 0 unspecified atom stereocenters. The van der Waals surface area contributed by atoms with Gasteiger partial charge in [-0.25, -0.2) is 0 Å². The molecule has 0 heterocycles. The minimum absolute atomic E-state index is 0.0995. The molecule has 156 valence electrons. The number of carbonyl (C=O) groups is 1. The Kier molecular flexibility index (Phi) is 10.9. The summed E-state index contributed by atoms with van der Waals surface area (Å²) in [5.74, 6) is -0.0995. The molecular formula is C26H40O2. The fourth-order valence-corrected chi connectivity index (χ4v) is 3.56. The van der Waals surface area contributed by atoms with Gasteiger partial charge in [0, 0.05) is 6.42 Å².